The number of carbonyl (C=O) groups excluding carboxylic acids is 1. The molecule has 2 N–H and O–H groups in total. The van der Waals surface area contributed by atoms with Crippen LogP contribution in [0, 0.1) is 11.8 Å². The Kier molecular flexibility index (Phi) is 3.76. The highest BCUT2D eigenvalue weighted by molar-refractivity contribution is 7.80. The van der Waals surface area contributed by atoms with E-state index in [2.05, 4.69) is 0 Å². The fourth-order valence-electron chi connectivity index (χ4n) is 2.37. The van der Waals surface area contributed by atoms with Gasteiger partial charge >= 0.3 is 0 Å². The number of nitrogens with zero attached hydrogens (tertiary/aromatic N) is 1. The van der Waals surface area contributed by atoms with Crippen LogP contribution in [0.2, 0.25) is 0 Å². The van der Waals surface area contributed by atoms with Gasteiger partial charge in [-0.2, -0.15) is 0 Å². The van der Waals surface area contributed by atoms with Crippen LogP contribution in [0.5, 0.6) is 0 Å². The quantitative estimate of drug-likeness (QED) is 0.718. The summed E-state index contributed by atoms with van der Waals surface area (Å²) >= 11 is 4.98. The molecule has 2 aliphatic rings. The van der Waals surface area contributed by atoms with Gasteiger partial charge in [0, 0.05) is 25.6 Å². The highest BCUT2D eigenvalue weighted by Crippen LogP contribution is 2.22. The Morgan fingerprint density at radius 1 is 1.25 bits per heavy atom. The summed E-state index contributed by atoms with van der Waals surface area (Å²) in [4.78, 5) is 14.6. The summed E-state index contributed by atoms with van der Waals surface area (Å²) in [6.45, 7) is 2.89. The van der Waals surface area contributed by atoms with Gasteiger partial charge in [0.25, 0.3) is 0 Å². The number of ether oxygens (including phenoxy) is 1. The minimum absolute atomic E-state index is 0.0846. The zero-order valence-electron chi connectivity index (χ0n) is 9.35. The van der Waals surface area contributed by atoms with E-state index in [9.17, 15) is 4.79 Å². The lowest BCUT2D eigenvalue weighted by molar-refractivity contribution is -0.136. The lowest BCUT2D eigenvalue weighted by Gasteiger charge is -2.32. The lowest BCUT2D eigenvalue weighted by Crippen LogP contribution is -2.44. The van der Waals surface area contributed by atoms with E-state index in [0.29, 0.717) is 17.5 Å². The van der Waals surface area contributed by atoms with Crippen LogP contribution < -0.4 is 5.73 Å². The molecule has 0 aliphatic carbocycles. The molecule has 0 aromatic rings. The van der Waals surface area contributed by atoms with E-state index in [1.807, 2.05) is 4.90 Å². The van der Waals surface area contributed by atoms with Gasteiger partial charge in [-0.05, 0) is 19.3 Å². The predicted molar refractivity (Wildman–Crippen MR) is 65.0 cm³/mol. The van der Waals surface area contributed by atoms with Gasteiger partial charge in [0.15, 0.2) is 0 Å². The Balaban J connectivity index is 1.84. The van der Waals surface area contributed by atoms with Crippen molar-refractivity contribution >= 4 is 23.1 Å². The standard InChI is InChI=1S/C11H18N2O2S/c12-10(16)8-1-4-13(5-2-8)11(14)9-3-6-15-7-9/h8-9H,1-7H2,(H2,12,16). The van der Waals surface area contributed by atoms with E-state index in [1.54, 1.807) is 0 Å². The maximum atomic E-state index is 12.1. The van der Waals surface area contributed by atoms with Gasteiger partial charge in [0.05, 0.1) is 17.5 Å². The van der Waals surface area contributed by atoms with Crippen LogP contribution >= 0.6 is 12.2 Å². The zero-order chi connectivity index (χ0) is 11.5. The molecule has 0 saturated carbocycles. The molecule has 0 aromatic heterocycles. The molecule has 1 amide bonds. The lowest BCUT2D eigenvalue weighted by atomic mass is 9.95. The van der Waals surface area contributed by atoms with Crippen molar-refractivity contribution in [2.75, 3.05) is 26.3 Å². The van der Waals surface area contributed by atoms with E-state index in [-0.39, 0.29) is 11.8 Å². The summed E-state index contributed by atoms with van der Waals surface area (Å²) < 4.78 is 5.24. The first-order valence-electron chi connectivity index (χ1n) is 5.84. The van der Waals surface area contributed by atoms with E-state index < -0.39 is 0 Å². The molecule has 0 spiro atoms. The van der Waals surface area contributed by atoms with Gasteiger partial charge in [-0.25, -0.2) is 0 Å². The topological polar surface area (TPSA) is 55.6 Å². The fraction of sp³-hybridized carbons (Fsp3) is 0.818. The number of hydrogen-bond acceptors (Lipinski definition) is 3. The van der Waals surface area contributed by atoms with Crippen molar-refractivity contribution in [3.63, 3.8) is 0 Å². The fourth-order valence-corrected chi connectivity index (χ4v) is 2.61. The third-order valence-corrected chi connectivity index (χ3v) is 3.82. The minimum atomic E-state index is 0.0846. The average Bonchev–Trinajstić information content (AvgIpc) is 2.81. The van der Waals surface area contributed by atoms with Gasteiger partial charge in [-0.3, -0.25) is 4.79 Å². The smallest absolute Gasteiger partial charge is 0.228 e. The molecule has 4 nitrogen and oxygen atoms in total. The summed E-state index contributed by atoms with van der Waals surface area (Å²) in [6, 6.07) is 0. The van der Waals surface area contributed by atoms with Gasteiger partial charge in [0.1, 0.15) is 0 Å². The minimum Gasteiger partial charge on any atom is -0.393 e. The molecular formula is C11H18N2O2S. The van der Waals surface area contributed by atoms with E-state index in [0.717, 1.165) is 39.0 Å². The van der Waals surface area contributed by atoms with Crippen LogP contribution in [0.4, 0.5) is 0 Å². The van der Waals surface area contributed by atoms with Crippen LogP contribution in [0.1, 0.15) is 19.3 Å². The predicted octanol–water partition coefficient (Wildman–Crippen LogP) is 0.548. The molecule has 0 bridgehead atoms. The summed E-state index contributed by atoms with van der Waals surface area (Å²) in [5, 5.41) is 0. The first-order valence-corrected chi connectivity index (χ1v) is 6.25. The van der Waals surface area contributed by atoms with Crippen molar-refractivity contribution in [1.29, 1.82) is 0 Å². The van der Waals surface area contributed by atoms with Crippen LogP contribution in [0.25, 0.3) is 0 Å². The van der Waals surface area contributed by atoms with Crippen molar-refractivity contribution in [2.24, 2.45) is 17.6 Å². The van der Waals surface area contributed by atoms with Crippen molar-refractivity contribution in [3.8, 4) is 0 Å². The SMILES string of the molecule is NC(=S)C1CCN(C(=O)C2CCOC2)CC1. The van der Waals surface area contributed by atoms with E-state index in [4.69, 9.17) is 22.7 Å². The van der Waals surface area contributed by atoms with Gasteiger partial charge in [-0.15, -0.1) is 0 Å². The van der Waals surface area contributed by atoms with Crippen molar-refractivity contribution in [3.05, 3.63) is 0 Å². The third-order valence-electron chi connectivity index (χ3n) is 3.49. The number of likely N-dealkylation sites (tertiary alicyclic amines) is 1. The molecule has 2 fully saturated rings. The third kappa shape index (κ3) is 2.52. The number of carbonyl (C=O) groups is 1. The Morgan fingerprint density at radius 2 is 1.94 bits per heavy atom. The second kappa shape index (κ2) is 5.10. The number of rotatable bonds is 2. The van der Waals surface area contributed by atoms with Crippen molar-refractivity contribution in [2.45, 2.75) is 19.3 Å². The van der Waals surface area contributed by atoms with Gasteiger partial charge in [0.2, 0.25) is 5.91 Å². The van der Waals surface area contributed by atoms with Crippen molar-refractivity contribution < 1.29 is 9.53 Å². The molecule has 90 valence electrons. The molecular weight excluding hydrogens is 224 g/mol. The Labute approximate surface area is 101 Å². The van der Waals surface area contributed by atoms with E-state index in [1.165, 1.54) is 0 Å². The Bertz CT molecular complexity index is 282. The first-order chi connectivity index (χ1) is 7.68. The molecule has 2 heterocycles. The molecule has 0 aromatic carbocycles. The number of nitrogens with two attached hydrogens (primary N) is 1. The summed E-state index contributed by atoms with van der Waals surface area (Å²) in [5.41, 5.74) is 5.62. The summed E-state index contributed by atoms with van der Waals surface area (Å²) in [6.07, 6.45) is 2.69. The van der Waals surface area contributed by atoms with E-state index >= 15 is 0 Å². The molecule has 1 atom stereocenters. The van der Waals surface area contributed by atoms with Crippen LogP contribution in [-0.4, -0.2) is 42.1 Å². The number of piperidine rings is 1. The van der Waals surface area contributed by atoms with Crippen LogP contribution in [-0.2, 0) is 9.53 Å². The maximum absolute atomic E-state index is 12.1. The maximum Gasteiger partial charge on any atom is 0.228 e. The van der Waals surface area contributed by atoms with Crippen LogP contribution in [0.15, 0.2) is 0 Å². The monoisotopic (exact) mass is 242 g/mol. The molecule has 16 heavy (non-hydrogen) atoms. The summed E-state index contributed by atoms with van der Waals surface area (Å²) in [7, 11) is 0. The first kappa shape index (κ1) is 11.8. The molecule has 2 aliphatic heterocycles. The summed E-state index contributed by atoms with van der Waals surface area (Å²) in [5.74, 6) is 0.652. The zero-order valence-corrected chi connectivity index (χ0v) is 10.2. The van der Waals surface area contributed by atoms with Gasteiger partial charge < -0.3 is 15.4 Å². The second-order valence-corrected chi connectivity index (χ2v) is 5.03. The Hall–Kier alpha value is -0.680. The number of amides is 1. The van der Waals surface area contributed by atoms with Crippen molar-refractivity contribution in [1.82, 2.24) is 4.90 Å². The van der Waals surface area contributed by atoms with Crippen LogP contribution in [0.3, 0.4) is 0 Å². The van der Waals surface area contributed by atoms with Gasteiger partial charge in [-0.1, -0.05) is 12.2 Å². The highest BCUT2D eigenvalue weighted by Gasteiger charge is 2.30. The largest absolute Gasteiger partial charge is 0.393 e. The molecule has 1 unspecified atom stereocenters. The molecule has 2 rings (SSSR count). The number of thiocarbonyl (C=S) groups is 1. The molecule has 5 heteroatoms. The molecule has 2 saturated heterocycles. The average molecular weight is 242 g/mol. The number of hydrogen-bond donors (Lipinski definition) is 1. The second-order valence-electron chi connectivity index (χ2n) is 4.56. The molecule has 0 radical (unpaired) electrons. The normalized spacial score (nSPS) is 27.0. The Morgan fingerprint density at radius 3 is 2.44 bits per heavy atom. The highest BCUT2D eigenvalue weighted by atomic mass is 32.1.